The van der Waals surface area contributed by atoms with Crippen LogP contribution in [0.2, 0.25) is 0 Å². The highest BCUT2D eigenvalue weighted by atomic mass is 16.8. The highest BCUT2D eigenvalue weighted by Crippen LogP contribution is 2.13. The van der Waals surface area contributed by atoms with Crippen molar-refractivity contribution in [2.45, 2.75) is 45.3 Å². The Labute approximate surface area is 97.0 Å². The van der Waals surface area contributed by atoms with E-state index in [9.17, 15) is 4.79 Å². The normalized spacial score (nSPS) is 19.5. The van der Waals surface area contributed by atoms with Gasteiger partial charge >= 0.3 is 6.16 Å². The zero-order valence-corrected chi connectivity index (χ0v) is 10.6. The van der Waals surface area contributed by atoms with Gasteiger partial charge in [0.05, 0.1) is 0 Å². The molecule has 16 heavy (non-hydrogen) atoms. The summed E-state index contributed by atoms with van der Waals surface area (Å²) in [5.74, 6) is 0. The van der Waals surface area contributed by atoms with E-state index in [2.05, 4.69) is 5.32 Å². The SMILES string of the molecule is CNC1CCN(OC(=O)OC(C)(C)C)CC1. The van der Waals surface area contributed by atoms with Crippen LogP contribution in [0.5, 0.6) is 0 Å². The Bertz CT molecular complexity index is 230. The van der Waals surface area contributed by atoms with E-state index in [0.717, 1.165) is 25.9 Å². The number of piperidine rings is 1. The maximum Gasteiger partial charge on any atom is 0.528 e. The molecular weight excluding hydrogens is 208 g/mol. The summed E-state index contributed by atoms with van der Waals surface area (Å²) in [6, 6.07) is 0.526. The van der Waals surface area contributed by atoms with Gasteiger partial charge in [0, 0.05) is 19.1 Å². The topological polar surface area (TPSA) is 50.8 Å². The molecule has 0 radical (unpaired) electrons. The Balaban J connectivity index is 2.26. The minimum Gasteiger partial charge on any atom is -0.427 e. The van der Waals surface area contributed by atoms with Gasteiger partial charge in [-0.3, -0.25) is 0 Å². The predicted octanol–water partition coefficient (Wildman–Crippen LogP) is 1.54. The average molecular weight is 230 g/mol. The Morgan fingerprint density at radius 3 is 2.31 bits per heavy atom. The molecule has 0 atom stereocenters. The molecule has 1 saturated heterocycles. The van der Waals surface area contributed by atoms with Crippen LogP contribution in [0.15, 0.2) is 0 Å². The van der Waals surface area contributed by atoms with Crippen molar-refractivity contribution in [1.29, 1.82) is 0 Å². The van der Waals surface area contributed by atoms with E-state index >= 15 is 0 Å². The zero-order chi connectivity index (χ0) is 12.2. The number of hydroxylamine groups is 2. The minimum atomic E-state index is -0.615. The Kier molecular flexibility index (Phi) is 4.56. The van der Waals surface area contributed by atoms with Gasteiger partial charge in [0.2, 0.25) is 0 Å². The molecule has 1 heterocycles. The number of carbonyl (C=O) groups is 1. The van der Waals surface area contributed by atoms with Crippen molar-refractivity contribution in [2.75, 3.05) is 20.1 Å². The monoisotopic (exact) mass is 230 g/mol. The molecule has 1 aliphatic heterocycles. The number of nitrogens with one attached hydrogen (secondary N) is 1. The van der Waals surface area contributed by atoms with Crippen LogP contribution >= 0.6 is 0 Å². The lowest BCUT2D eigenvalue weighted by Crippen LogP contribution is -2.42. The van der Waals surface area contributed by atoms with Gasteiger partial charge < -0.3 is 14.9 Å². The molecule has 0 saturated carbocycles. The van der Waals surface area contributed by atoms with Crippen LogP contribution in [0.3, 0.4) is 0 Å². The number of hydrogen-bond donors (Lipinski definition) is 1. The number of rotatable bonds is 2. The summed E-state index contributed by atoms with van der Waals surface area (Å²) in [5.41, 5.74) is -0.500. The van der Waals surface area contributed by atoms with Crippen LogP contribution in [-0.2, 0) is 9.57 Å². The second-order valence-corrected chi connectivity index (χ2v) is 5.05. The van der Waals surface area contributed by atoms with Gasteiger partial charge in [-0.05, 0) is 40.7 Å². The van der Waals surface area contributed by atoms with E-state index in [4.69, 9.17) is 9.57 Å². The van der Waals surface area contributed by atoms with Gasteiger partial charge in [-0.15, -0.1) is 5.06 Å². The highest BCUT2D eigenvalue weighted by Gasteiger charge is 2.24. The van der Waals surface area contributed by atoms with Crippen molar-refractivity contribution in [3.05, 3.63) is 0 Å². The van der Waals surface area contributed by atoms with E-state index in [0.29, 0.717) is 6.04 Å². The first-order valence-electron chi connectivity index (χ1n) is 5.74. The molecule has 0 aromatic rings. The third-order valence-corrected chi connectivity index (χ3v) is 2.46. The fourth-order valence-corrected chi connectivity index (χ4v) is 1.61. The maximum absolute atomic E-state index is 11.4. The van der Waals surface area contributed by atoms with E-state index in [1.54, 1.807) is 5.06 Å². The molecule has 5 heteroatoms. The molecule has 94 valence electrons. The van der Waals surface area contributed by atoms with Crippen LogP contribution < -0.4 is 5.32 Å². The first kappa shape index (κ1) is 13.3. The van der Waals surface area contributed by atoms with Crippen LogP contribution in [0.25, 0.3) is 0 Å². The molecule has 0 amide bonds. The van der Waals surface area contributed by atoms with E-state index in [1.165, 1.54) is 0 Å². The summed E-state index contributed by atoms with van der Waals surface area (Å²) < 4.78 is 5.08. The Morgan fingerprint density at radius 2 is 1.88 bits per heavy atom. The molecule has 0 bridgehead atoms. The van der Waals surface area contributed by atoms with Crippen molar-refractivity contribution < 1.29 is 14.4 Å². The molecule has 1 fully saturated rings. The molecular formula is C11H22N2O3. The van der Waals surface area contributed by atoms with Crippen molar-refractivity contribution in [3.63, 3.8) is 0 Å². The molecule has 0 spiro atoms. The van der Waals surface area contributed by atoms with E-state index in [-0.39, 0.29) is 0 Å². The van der Waals surface area contributed by atoms with E-state index in [1.807, 2.05) is 27.8 Å². The van der Waals surface area contributed by atoms with Gasteiger partial charge in [0.15, 0.2) is 0 Å². The summed E-state index contributed by atoms with van der Waals surface area (Å²) >= 11 is 0. The van der Waals surface area contributed by atoms with Gasteiger partial charge in [-0.2, -0.15) is 0 Å². The molecule has 1 aliphatic rings. The number of ether oxygens (including phenoxy) is 1. The lowest BCUT2D eigenvalue weighted by Gasteiger charge is -2.30. The molecule has 0 unspecified atom stereocenters. The van der Waals surface area contributed by atoms with Crippen molar-refractivity contribution in [1.82, 2.24) is 10.4 Å². The molecule has 5 nitrogen and oxygen atoms in total. The number of hydrogen-bond acceptors (Lipinski definition) is 5. The summed E-state index contributed by atoms with van der Waals surface area (Å²) in [6.45, 7) is 6.97. The minimum absolute atomic E-state index is 0.500. The zero-order valence-electron chi connectivity index (χ0n) is 10.6. The second kappa shape index (κ2) is 5.50. The third-order valence-electron chi connectivity index (χ3n) is 2.46. The summed E-state index contributed by atoms with van der Waals surface area (Å²) in [4.78, 5) is 16.5. The van der Waals surface area contributed by atoms with Gasteiger partial charge in [-0.25, -0.2) is 4.79 Å². The third kappa shape index (κ3) is 4.81. The van der Waals surface area contributed by atoms with Crippen LogP contribution in [0, 0.1) is 0 Å². The predicted molar refractivity (Wildman–Crippen MR) is 61.0 cm³/mol. The molecule has 1 N–H and O–H groups in total. The van der Waals surface area contributed by atoms with Gasteiger partial charge in [0.1, 0.15) is 5.60 Å². The summed E-state index contributed by atoms with van der Waals surface area (Å²) in [6.07, 6.45) is 1.36. The fraction of sp³-hybridized carbons (Fsp3) is 0.909. The van der Waals surface area contributed by atoms with E-state index < -0.39 is 11.8 Å². The standard InChI is InChI=1S/C11H22N2O3/c1-11(2,3)15-10(14)16-13-7-5-9(12-4)6-8-13/h9,12H,5-8H2,1-4H3. The lowest BCUT2D eigenvalue weighted by molar-refractivity contribution is -0.152. The summed E-state index contributed by atoms with van der Waals surface area (Å²) in [5, 5.41) is 4.89. The average Bonchev–Trinajstić information content (AvgIpc) is 2.16. The first-order chi connectivity index (χ1) is 7.40. The Morgan fingerprint density at radius 1 is 1.31 bits per heavy atom. The molecule has 0 aliphatic carbocycles. The molecule has 1 rings (SSSR count). The van der Waals surface area contributed by atoms with Gasteiger partial charge in [-0.1, -0.05) is 0 Å². The van der Waals surface area contributed by atoms with Crippen molar-refractivity contribution in [2.24, 2.45) is 0 Å². The van der Waals surface area contributed by atoms with Crippen LogP contribution in [0.1, 0.15) is 33.6 Å². The number of nitrogens with zero attached hydrogens (tertiary/aromatic N) is 1. The summed E-state index contributed by atoms with van der Waals surface area (Å²) in [7, 11) is 1.95. The smallest absolute Gasteiger partial charge is 0.427 e. The maximum atomic E-state index is 11.4. The Hall–Kier alpha value is -0.810. The largest absolute Gasteiger partial charge is 0.528 e. The lowest BCUT2D eigenvalue weighted by atomic mass is 10.1. The molecule has 0 aromatic carbocycles. The van der Waals surface area contributed by atoms with Crippen LogP contribution in [0.4, 0.5) is 4.79 Å². The van der Waals surface area contributed by atoms with Gasteiger partial charge in [0.25, 0.3) is 0 Å². The highest BCUT2D eigenvalue weighted by molar-refractivity contribution is 5.60. The van der Waals surface area contributed by atoms with Crippen molar-refractivity contribution >= 4 is 6.16 Å². The quantitative estimate of drug-likeness (QED) is 0.729. The van der Waals surface area contributed by atoms with Crippen molar-refractivity contribution in [3.8, 4) is 0 Å². The van der Waals surface area contributed by atoms with Crippen LogP contribution in [-0.4, -0.2) is 43.0 Å². The first-order valence-corrected chi connectivity index (χ1v) is 5.74. The molecule has 0 aromatic heterocycles. The number of carbonyl (C=O) groups excluding carboxylic acids is 1. The fourth-order valence-electron chi connectivity index (χ4n) is 1.61. The second-order valence-electron chi connectivity index (χ2n) is 5.05.